The van der Waals surface area contributed by atoms with Crippen molar-refractivity contribution in [1.82, 2.24) is 0 Å². The van der Waals surface area contributed by atoms with Crippen molar-refractivity contribution >= 4 is 6.88 Å². The molecule has 2 aromatic carbocycles. The molecule has 2 aliphatic rings. The van der Waals surface area contributed by atoms with E-state index in [0.29, 0.717) is 3.63 Å². The standard InChI is InChI=1S/C13H9.C5H5.4CH3.H2Si.Zr/c1-3-7-12-10(5-1)9-11-6-2-4-8-13(11)12;1-2-4-5-3-1;;;;;;/h1-9H;1-3H,4H2;4*1H3;1H2;. The van der Waals surface area contributed by atoms with Gasteiger partial charge in [-0.25, -0.2) is 0 Å². The van der Waals surface area contributed by atoms with E-state index in [2.05, 4.69) is 92.2 Å². The van der Waals surface area contributed by atoms with E-state index in [9.17, 15) is 0 Å². The van der Waals surface area contributed by atoms with Gasteiger partial charge in [-0.2, -0.15) is 0 Å². The number of hydrogen-bond acceptors (Lipinski definition) is 0. The normalized spacial score (nSPS) is 21.2. The minimum absolute atomic E-state index is 0.499. The molecule has 0 aliphatic heterocycles. The third-order valence-electron chi connectivity index (χ3n) is 6.81. The molecule has 24 heavy (non-hydrogen) atoms. The van der Waals surface area contributed by atoms with Crippen LogP contribution in [0.15, 0.2) is 70.0 Å². The van der Waals surface area contributed by atoms with E-state index in [-0.39, 0.29) is 0 Å². The molecular formula is C22H28SiZr. The predicted molar refractivity (Wildman–Crippen MR) is 108 cm³/mol. The summed E-state index contributed by atoms with van der Waals surface area (Å²) in [5.41, 5.74) is 5.97. The molecule has 0 saturated heterocycles. The molecule has 0 atom stereocenters. The summed E-state index contributed by atoms with van der Waals surface area (Å²) in [5, 5.41) is 0. The van der Waals surface area contributed by atoms with E-state index in [1.165, 1.54) is 11.1 Å². The van der Waals surface area contributed by atoms with Crippen LogP contribution >= 0.6 is 0 Å². The summed E-state index contributed by atoms with van der Waals surface area (Å²) in [6, 6.07) is 18.2. The topological polar surface area (TPSA) is 0 Å². The van der Waals surface area contributed by atoms with E-state index in [1.54, 1.807) is 14.4 Å². The van der Waals surface area contributed by atoms with Gasteiger partial charge in [0.1, 0.15) is 0 Å². The van der Waals surface area contributed by atoms with Crippen molar-refractivity contribution in [2.24, 2.45) is 0 Å². The third kappa shape index (κ3) is 2.06. The first kappa shape index (κ1) is 16.5. The van der Waals surface area contributed by atoms with Gasteiger partial charge in [0.05, 0.1) is 0 Å². The Balaban J connectivity index is 2.16. The Morgan fingerprint density at radius 3 is 1.79 bits per heavy atom. The van der Waals surface area contributed by atoms with Crippen LogP contribution in [0.4, 0.5) is 0 Å². The molecule has 0 fully saturated rings. The molecule has 0 spiro atoms. The monoisotopic (exact) mass is 410 g/mol. The molecular weight excluding hydrogens is 384 g/mol. The summed E-state index contributed by atoms with van der Waals surface area (Å²) in [4.78, 5) is 0. The summed E-state index contributed by atoms with van der Waals surface area (Å²) >= 11 is -4.23. The SMILES string of the molecule is [CH3][Zr]([CH3])([CH3])([CH3])(=[SiH2])([C]1=CC=CC1)[CH]1c2ccccc2-c2ccccc21. The molecule has 124 valence electrons. The Hall–Kier alpha value is -0.980. The quantitative estimate of drug-likeness (QED) is 0.524. The molecule has 2 aliphatic carbocycles. The van der Waals surface area contributed by atoms with Crippen LogP contribution in [0.25, 0.3) is 11.1 Å². The molecule has 0 amide bonds. The van der Waals surface area contributed by atoms with Crippen LogP contribution < -0.4 is 0 Å². The van der Waals surface area contributed by atoms with Crippen molar-refractivity contribution in [3.63, 3.8) is 0 Å². The molecule has 0 nitrogen and oxygen atoms in total. The molecule has 0 unspecified atom stereocenters. The van der Waals surface area contributed by atoms with Gasteiger partial charge in [0.25, 0.3) is 0 Å². The molecule has 4 rings (SSSR count). The molecule has 0 aromatic heterocycles. The van der Waals surface area contributed by atoms with Crippen LogP contribution in [0, 0.1) is 0 Å². The van der Waals surface area contributed by atoms with Crippen molar-refractivity contribution in [1.29, 1.82) is 0 Å². The van der Waals surface area contributed by atoms with Gasteiger partial charge in [-0.3, -0.25) is 0 Å². The molecule has 0 bridgehead atoms. The second kappa shape index (κ2) is 3.89. The van der Waals surface area contributed by atoms with Gasteiger partial charge in [-0.1, -0.05) is 0 Å². The van der Waals surface area contributed by atoms with Crippen LogP contribution in [0.3, 0.4) is 0 Å². The number of fused-ring (bicyclic) bond motifs is 3. The fourth-order valence-electron chi connectivity index (χ4n) is 5.39. The van der Waals surface area contributed by atoms with Gasteiger partial charge < -0.3 is 0 Å². The third-order valence-corrected chi connectivity index (χ3v) is 30.1. The maximum atomic E-state index is 2.66. The van der Waals surface area contributed by atoms with E-state index in [1.807, 2.05) is 0 Å². The first-order chi connectivity index (χ1) is 10.9. The van der Waals surface area contributed by atoms with Gasteiger partial charge >= 0.3 is 142 Å². The molecule has 0 radical (unpaired) electrons. The number of benzene rings is 2. The zero-order valence-corrected chi connectivity index (χ0v) is 19.2. The summed E-state index contributed by atoms with van der Waals surface area (Å²) in [7, 11) is 0. The Bertz CT molecular complexity index is 1010. The van der Waals surface area contributed by atoms with Crippen LogP contribution in [0.1, 0.15) is 21.2 Å². The average molecular weight is 412 g/mol. The van der Waals surface area contributed by atoms with Gasteiger partial charge in [0, 0.05) is 0 Å². The number of rotatable bonds is 2. The second-order valence-corrected chi connectivity index (χ2v) is 71.1. The first-order valence-electron chi connectivity index (χ1n) is 9.09. The summed E-state index contributed by atoms with van der Waals surface area (Å²) < 4.78 is 12.9. The Kier molecular flexibility index (Phi) is 2.67. The molecule has 2 heteroatoms. The Morgan fingerprint density at radius 2 is 1.33 bits per heavy atom. The van der Waals surface area contributed by atoms with Crippen molar-refractivity contribution in [2.45, 2.75) is 28.6 Å². The molecule has 0 saturated carbocycles. The predicted octanol–water partition coefficient (Wildman–Crippen LogP) is 6.10. The van der Waals surface area contributed by atoms with Gasteiger partial charge in [-0.15, -0.1) is 0 Å². The summed E-state index contributed by atoms with van der Waals surface area (Å²) in [5.74, 6) is 0. The van der Waals surface area contributed by atoms with Crippen molar-refractivity contribution < 1.29 is 14.4 Å². The zero-order chi connectivity index (χ0) is 17.3. The summed E-state index contributed by atoms with van der Waals surface area (Å²) in [6.45, 7) is 2.37. The van der Waals surface area contributed by atoms with E-state index in [0.717, 1.165) is 6.42 Å². The zero-order valence-electron chi connectivity index (χ0n) is 15.3. The Morgan fingerprint density at radius 1 is 0.833 bits per heavy atom. The average Bonchev–Trinajstić information content (AvgIpc) is 3.13. The van der Waals surface area contributed by atoms with Crippen molar-refractivity contribution in [3.8, 4) is 11.1 Å². The fourth-order valence-corrected chi connectivity index (χ4v) is 25.0. The van der Waals surface area contributed by atoms with Crippen LogP contribution in [-0.4, -0.2) is 6.88 Å². The molecule has 0 N–H and O–H groups in total. The molecule has 0 heterocycles. The van der Waals surface area contributed by atoms with Gasteiger partial charge in [-0.05, 0) is 0 Å². The van der Waals surface area contributed by atoms with Crippen LogP contribution in [0.2, 0.25) is 18.5 Å². The van der Waals surface area contributed by atoms with Crippen LogP contribution in [0.5, 0.6) is 0 Å². The number of allylic oxidation sites excluding steroid dienone is 4. The van der Waals surface area contributed by atoms with Crippen molar-refractivity contribution in [3.05, 3.63) is 81.2 Å². The van der Waals surface area contributed by atoms with E-state index in [4.69, 9.17) is 0 Å². The second-order valence-electron chi connectivity index (χ2n) is 12.0. The Labute approximate surface area is 141 Å². The number of hydrogen-bond donors (Lipinski definition) is 0. The summed E-state index contributed by atoms with van der Waals surface area (Å²) in [6.07, 6.45) is 8.15. The van der Waals surface area contributed by atoms with Crippen molar-refractivity contribution in [2.75, 3.05) is 0 Å². The van der Waals surface area contributed by atoms with E-state index < -0.39 is 14.4 Å². The molecule has 2 aromatic rings. The first-order valence-corrected chi connectivity index (χ1v) is 27.5. The maximum absolute atomic E-state index is 4.23. The van der Waals surface area contributed by atoms with Gasteiger partial charge in [0.15, 0.2) is 0 Å². The minimum atomic E-state index is -4.23. The van der Waals surface area contributed by atoms with Gasteiger partial charge in [0.2, 0.25) is 0 Å². The van der Waals surface area contributed by atoms with Crippen LogP contribution in [-0.2, 0) is 14.4 Å². The van der Waals surface area contributed by atoms with E-state index >= 15 is 0 Å². The fraction of sp³-hybridized carbons (Fsp3) is 0.273.